The van der Waals surface area contributed by atoms with Gasteiger partial charge in [0.05, 0.1) is 0 Å². The van der Waals surface area contributed by atoms with Gasteiger partial charge in [-0.3, -0.25) is 14.8 Å². The van der Waals surface area contributed by atoms with Gasteiger partial charge in [-0.25, -0.2) is 5.84 Å². The van der Waals surface area contributed by atoms with Crippen LogP contribution in [0.15, 0.2) is 24.5 Å². The molecule has 4 nitrogen and oxygen atoms in total. The minimum Gasteiger partial charge on any atom is -0.277 e. The Labute approximate surface area is 90.1 Å². The third kappa shape index (κ3) is 3.67. The molecule has 1 heterocycles. The van der Waals surface area contributed by atoms with Crippen molar-refractivity contribution in [1.82, 2.24) is 9.99 Å². The van der Waals surface area contributed by atoms with Crippen LogP contribution in [0.25, 0.3) is 0 Å². The minimum atomic E-state index is -0.145. The number of nitrogens with zero attached hydrogens (tertiary/aromatic N) is 2. The second-order valence-corrected chi connectivity index (χ2v) is 3.44. The van der Waals surface area contributed by atoms with E-state index in [1.54, 1.807) is 24.5 Å². The molecule has 4 heteroatoms. The van der Waals surface area contributed by atoms with Gasteiger partial charge >= 0.3 is 0 Å². The van der Waals surface area contributed by atoms with Gasteiger partial charge in [0.25, 0.3) is 5.91 Å². The highest BCUT2D eigenvalue weighted by Crippen LogP contribution is 2.02. The summed E-state index contributed by atoms with van der Waals surface area (Å²) in [6.07, 6.45) is 6.35. The molecule has 0 fully saturated rings. The van der Waals surface area contributed by atoms with E-state index in [0.29, 0.717) is 12.1 Å². The lowest BCUT2D eigenvalue weighted by atomic mass is 10.2. The molecular weight excluding hydrogens is 190 g/mol. The first-order valence-corrected chi connectivity index (χ1v) is 5.22. The predicted octanol–water partition coefficient (Wildman–Crippen LogP) is 1.59. The molecule has 0 saturated heterocycles. The van der Waals surface area contributed by atoms with Gasteiger partial charge in [0.1, 0.15) is 0 Å². The predicted molar refractivity (Wildman–Crippen MR) is 59.0 cm³/mol. The van der Waals surface area contributed by atoms with Gasteiger partial charge in [0, 0.05) is 24.5 Å². The zero-order chi connectivity index (χ0) is 11.1. The molecule has 82 valence electrons. The van der Waals surface area contributed by atoms with Crippen LogP contribution in [-0.4, -0.2) is 22.4 Å². The Balaban J connectivity index is 2.46. The molecule has 0 spiro atoms. The summed E-state index contributed by atoms with van der Waals surface area (Å²) in [5.74, 6) is 5.51. The number of unbranched alkanes of at least 4 members (excludes halogenated alkanes) is 2. The van der Waals surface area contributed by atoms with Crippen molar-refractivity contribution in [3.63, 3.8) is 0 Å². The standard InChI is InChI=1S/C11H17N3O/c1-2-3-4-9-14(12)11(15)10-5-7-13-8-6-10/h5-8H,2-4,9,12H2,1H3. The average Bonchev–Trinajstić information content (AvgIpc) is 2.29. The van der Waals surface area contributed by atoms with Gasteiger partial charge < -0.3 is 0 Å². The molecule has 0 atom stereocenters. The van der Waals surface area contributed by atoms with Crippen molar-refractivity contribution in [2.45, 2.75) is 26.2 Å². The fourth-order valence-electron chi connectivity index (χ4n) is 1.29. The summed E-state index contributed by atoms with van der Waals surface area (Å²) in [6, 6.07) is 3.34. The van der Waals surface area contributed by atoms with Crippen LogP contribution in [0.1, 0.15) is 36.5 Å². The van der Waals surface area contributed by atoms with E-state index in [1.165, 1.54) is 5.01 Å². The van der Waals surface area contributed by atoms with Crippen LogP contribution in [-0.2, 0) is 0 Å². The largest absolute Gasteiger partial charge is 0.277 e. The third-order valence-electron chi connectivity index (χ3n) is 2.19. The number of amides is 1. The van der Waals surface area contributed by atoms with E-state index >= 15 is 0 Å². The molecule has 0 unspecified atom stereocenters. The van der Waals surface area contributed by atoms with E-state index in [2.05, 4.69) is 11.9 Å². The number of carbonyl (C=O) groups is 1. The minimum absolute atomic E-state index is 0.145. The van der Waals surface area contributed by atoms with Crippen molar-refractivity contribution >= 4 is 5.91 Å². The molecule has 1 rings (SSSR count). The van der Waals surface area contributed by atoms with Crippen LogP contribution >= 0.6 is 0 Å². The highest BCUT2D eigenvalue weighted by molar-refractivity contribution is 5.93. The van der Waals surface area contributed by atoms with Gasteiger partial charge in [-0.1, -0.05) is 19.8 Å². The van der Waals surface area contributed by atoms with E-state index in [4.69, 9.17) is 5.84 Å². The molecule has 0 radical (unpaired) electrons. The van der Waals surface area contributed by atoms with E-state index in [-0.39, 0.29) is 5.91 Å². The first-order valence-electron chi connectivity index (χ1n) is 5.22. The second-order valence-electron chi connectivity index (χ2n) is 3.44. The van der Waals surface area contributed by atoms with Crippen LogP contribution < -0.4 is 5.84 Å². The molecule has 2 N–H and O–H groups in total. The Bertz CT molecular complexity index is 300. The van der Waals surface area contributed by atoms with E-state index in [1.807, 2.05) is 0 Å². The number of hydrogen-bond donors (Lipinski definition) is 1. The topological polar surface area (TPSA) is 59.2 Å². The van der Waals surface area contributed by atoms with Crippen LogP contribution in [0.4, 0.5) is 0 Å². The number of carbonyl (C=O) groups excluding carboxylic acids is 1. The van der Waals surface area contributed by atoms with Crippen molar-refractivity contribution in [3.8, 4) is 0 Å². The number of hydrogen-bond acceptors (Lipinski definition) is 3. The molecule has 0 bridgehead atoms. The highest BCUT2D eigenvalue weighted by Gasteiger charge is 2.10. The Morgan fingerprint density at radius 1 is 1.40 bits per heavy atom. The molecule has 0 aliphatic rings. The first kappa shape index (κ1) is 11.7. The zero-order valence-corrected chi connectivity index (χ0v) is 9.02. The average molecular weight is 207 g/mol. The first-order chi connectivity index (χ1) is 7.25. The maximum Gasteiger partial charge on any atom is 0.267 e. The molecule has 0 saturated carbocycles. The number of hydrazine groups is 1. The lowest BCUT2D eigenvalue weighted by Crippen LogP contribution is -2.38. The smallest absolute Gasteiger partial charge is 0.267 e. The van der Waals surface area contributed by atoms with Crippen LogP contribution in [0.2, 0.25) is 0 Å². The van der Waals surface area contributed by atoms with Crippen molar-refractivity contribution in [1.29, 1.82) is 0 Å². The summed E-state index contributed by atoms with van der Waals surface area (Å²) in [5.41, 5.74) is 0.587. The Kier molecular flexibility index (Phi) is 4.77. The zero-order valence-electron chi connectivity index (χ0n) is 9.02. The maximum atomic E-state index is 11.7. The second kappa shape index (κ2) is 6.14. The van der Waals surface area contributed by atoms with Crippen LogP contribution in [0.5, 0.6) is 0 Å². The number of pyridine rings is 1. The fourth-order valence-corrected chi connectivity index (χ4v) is 1.29. The van der Waals surface area contributed by atoms with Crippen molar-refractivity contribution in [2.24, 2.45) is 5.84 Å². The molecule has 1 amide bonds. The van der Waals surface area contributed by atoms with E-state index in [0.717, 1.165) is 19.3 Å². The van der Waals surface area contributed by atoms with Gasteiger partial charge in [-0.05, 0) is 18.6 Å². The van der Waals surface area contributed by atoms with Gasteiger partial charge in [0.15, 0.2) is 0 Å². The summed E-state index contributed by atoms with van der Waals surface area (Å²) in [4.78, 5) is 15.6. The van der Waals surface area contributed by atoms with Gasteiger partial charge in [-0.2, -0.15) is 0 Å². The van der Waals surface area contributed by atoms with Gasteiger partial charge in [-0.15, -0.1) is 0 Å². The molecule has 0 aliphatic carbocycles. The molecule has 0 aromatic carbocycles. The molecule has 1 aromatic heterocycles. The van der Waals surface area contributed by atoms with Crippen LogP contribution in [0, 0.1) is 0 Å². The monoisotopic (exact) mass is 207 g/mol. The fraction of sp³-hybridized carbons (Fsp3) is 0.455. The Hall–Kier alpha value is -1.42. The van der Waals surface area contributed by atoms with E-state index in [9.17, 15) is 4.79 Å². The quantitative estimate of drug-likeness (QED) is 0.345. The molecule has 15 heavy (non-hydrogen) atoms. The molecule has 1 aromatic rings. The van der Waals surface area contributed by atoms with Crippen molar-refractivity contribution in [3.05, 3.63) is 30.1 Å². The highest BCUT2D eigenvalue weighted by atomic mass is 16.2. The summed E-state index contributed by atoms with van der Waals surface area (Å²) in [7, 11) is 0. The lowest BCUT2D eigenvalue weighted by Gasteiger charge is -2.15. The van der Waals surface area contributed by atoms with Crippen LogP contribution in [0.3, 0.4) is 0 Å². The van der Waals surface area contributed by atoms with Gasteiger partial charge in [0.2, 0.25) is 0 Å². The summed E-state index contributed by atoms with van der Waals surface area (Å²) >= 11 is 0. The SMILES string of the molecule is CCCCCN(N)C(=O)c1ccncc1. The van der Waals surface area contributed by atoms with Crippen molar-refractivity contribution in [2.75, 3.05) is 6.54 Å². The summed E-state index contributed by atoms with van der Waals surface area (Å²) < 4.78 is 0. The summed E-state index contributed by atoms with van der Waals surface area (Å²) in [5, 5.41) is 1.27. The number of rotatable bonds is 5. The van der Waals surface area contributed by atoms with E-state index < -0.39 is 0 Å². The number of nitrogens with two attached hydrogens (primary N) is 1. The van der Waals surface area contributed by atoms with Crippen molar-refractivity contribution < 1.29 is 4.79 Å². The molecular formula is C11H17N3O. The molecule has 0 aliphatic heterocycles. The normalized spacial score (nSPS) is 10.0. The lowest BCUT2D eigenvalue weighted by molar-refractivity contribution is 0.0752. The summed E-state index contributed by atoms with van der Waals surface area (Å²) in [6.45, 7) is 2.72. The third-order valence-corrected chi connectivity index (χ3v) is 2.19. The maximum absolute atomic E-state index is 11.7. The Morgan fingerprint density at radius 2 is 2.07 bits per heavy atom. The number of aromatic nitrogens is 1. The Morgan fingerprint density at radius 3 is 2.67 bits per heavy atom.